The van der Waals surface area contributed by atoms with Crippen molar-refractivity contribution in [2.24, 2.45) is 11.7 Å². The van der Waals surface area contributed by atoms with Crippen LogP contribution < -0.4 is 10.5 Å². The Kier molecular flexibility index (Phi) is 6.07. The van der Waals surface area contributed by atoms with Gasteiger partial charge in [-0.2, -0.15) is 0 Å². The highest BCUT2D eigenvalue weighted by atomic mass is 16.5. The van der Waals surface area contributed by atoms with Crippen molar-refractivity contribution in [3.8, 4) is 5.75 Å². The summed E-state index contributed by atoms with van der Waals surface area (Å²) < 4.78 is 5.82. The van der Waals surface area contributed by atoms with E-state index in [0.717, 1.165) is 24.8 Å². The molecule has 2 unspecified atom stereocenters. The third kappa shape index (κ3) is 4.72. The summed E-state index contributed by atoms with van der Waals surface area (Å²) in [4.78, 5) is 2.55. The zero-order chi connectivity index (χ0) is 15.2. The molecule has 1 aromatic rings. The second-order valence-corrected chi connectivity index (χ2v) is 6.56. The van der Waals surface area contributed by atoms with Gasteiger partial charge in [0.15, 0.2) is 0 Å². The Morgan fingerprint density at radius 2 is 2.10 bits per heavy atom. The van der Waals surface area contributed by atoms with Gasteiger partial charge in [0.2, 0.25) is 0 Å². The van der Waals surface area contributed by atoms with Crippen LogP contribution in [0.2, 0.25) is 0 Å². The molecule has 0 radical (unpaired) electrons. The summed E-state index contributed by atoms with van der Waals surface area (Å²) in [5.74, 6) is 1.79. The van der Waals surface area contributed by atoms with E-state index >= 15 is 0 Å². The Bertz CT molecular complexity index is 433. The largest absolute Gasteiger partial charge is 0.491 e. The SMILES string of the molecule is CC1CCCN(C(CN)c2cccc(OC(C)C)c2)CC1. The number of nitrogens with zero attached hydrogens (tertiary/aromatic N) is 1. The van der Waals surface area contributed by atoms with E-state index in [1.165, 1.54) is 24.8 Å². The lowest BCUT2D eigenvalue weighted by molar-refractivity contribution is 0.205. The third-order valence-corrected chi connectivity index (χ3v) is 4.33. The predicted octanol–water partition coefficient (Wildman–Crippen LogP) is 3.60. The van der Waals surface area contributed by atoms with Gasteiger partial charge in [0.25, 0.3) is 0 Å². The molecular formula is C18H30N2O. The van der Waals surface area contributed by atoms with E-state index in [4.69, 9.17) is 10.5 Å². The Morgan fingerprint density at radius 1 is 1.29 bits per heavy atom. The second-order valence-electron chi connectivity index (χ2n) is 6.56. The number of likely N-dealkylation sites (tertiary alicyclic amines) is 1. The molecule has 2 rings (SSSR count). The van der Waals surface area contributed by atoms with Gasteiger partial charge in [-0.05, 0) is 69.8 Å². The van der Waals surface area contributed by atoms with Gasteiger partial charge in [-0.25, -0.2) is 0 Å². The Balaban J connectivity index is 2.12. The number of hydrogen-bond acceptors (Lipinski definition) is 3. The molecule has 0 saturated carbocycles. The Labute approximate surface area is 129 Å². The molecule has 2 N–H and O–H groups in total. The molecule has 118 valence electrons. The summed E-state index contributed by atoms with van der Waals surface area (Å²) in [7, 11) is 0. The highest BCUT2D eigenvalue weighted by molar-refractivity contribution is 5.31. The average Bonchev–Trinajstić information content (AvgIpc) is 2.65. The molecule has 1 aliphatic heterocycles. The van der Waals surface area contributed by atoms with E-state index in [-0.39, 0.29) is 6.10 Å². The fourth-order valence-electron chi connectivity index (χ4n) is 3.16. The van der Waals surface area contributed by atoms with Gasteiger partial charge in [0, 0.05) is 12.6 Å². The zero-order valence-electron chi connectivity index (χ0n) is 13.7. The van der Waals surface area contributed by atoms with Gasteiger partial charge < -0.3 is 10.5 Å². The first-order valence-electron chi connectivity index (χ1n) is 8.31. The first kappa shape index (κ1) is 16.3. The van der Waals surface area contributed by atoms with Gasteiger partial charge >= 0.3 is 0 Å². The maximum atomic E-state index is 6.09. The summed E-state index contributed by atoms with van der Waals surface area (Å²) in [6, 6.07) is 8.76. The quantitative estimate of drug-likeness (QED) is 0.900. The van der Waals surface area contributed by atoms with Gasteiger partial charge in [0.05, 0.1) is 6.10 Å². The van der Waals surface area contributed by atoms with Crippen molar-refractivity contribution in [1.29, 1.82) is 0 Å². The molecule has 1 saturated heterocycles. The van der Waals surface area contributed by atoms with Crippen LogP contribution in [0, 0.1) is 5.92 Å². The fourth-order valence-corrected chi connectivity index (χ4v) is 3.16. The standard InChI is InChI=1S/C18H30N2O/c1-14(2)21-17-8-4-7-16(12-17)18(13-19)20-10-5-6-15(3)9-11-20/h4,7-8,12,14-15,18H,5-6,9-11,13,19H2,1-3H3. The lowest BCUT2D eigenvalue weighted by Gasteiger charge is -2.30. The molecule has 1 heterocycles. The molecule has 0 aliphatic carbocycles. The van der Waals surface area contributed by atoms with Crippen molar-refractivity contribution in [3.05, 3.63) is 29.8 Å². The van der Waals surface area contributed by atoms with Crippen LogP contribution in [0.15, 0.2) is 24.3 Å². The monoisotopic (exact) mass is 290 g/mol. The van der Waals surface area contributed by atoms with E-state index in [1.807, 2.05) is 6.07 Å². The predicted molar refractivity (Wildman–Crippen MR) is 88.6 cm³/mol. The molecule has 3 heteroatoms. The lowest BCUT2D eigenvalue weighted by Crippen LogP contribution is -2.34. The van der Waals surface area contributed by atoms with Crippen LogP contribution in [0.4, 0.5) is 0 Å². The zero-order valence-corrected chi connectivity index (χ0v) is 13.7. The maximum Gasteiger partial charge on any atom is 0.120 e. The van der Waals surface area contributed by atoms with Crippen LogP contribution in [0.3, 0.4) is 0 Å². The molecule has 2 atom stereocenters. The smallest absolute Gasteiger partial charge is 0.120 e. The summed E-state index contributed by atoms with van der Waals surface area (Å²) in [6.45, 7) is 9.45. The molecule has 0 bridgehead atoms. The van der Waals surface area contributed by atoms with Crippen LogP contribution >= 0.6 is 0 Å². The van der Waals surface area contributed by atoms with Gasteiger partial charge in [-0.15, -0.1) is 0 Å². The fraction of sp³-hybridized carbons (Fsp3) is 0.667. The number of benzene rings is 1. The topological polar surface area (TPSA) is 38.5 Å². The van der Waals surface area contributed by atoms with Crippen molar-refractivity contribution >= 4 is 0 Å². The van der Waals surface area contributed by atoms with Gasteiger partial charge in [0.1, 0.15) is 5.75 Å². The minimum atomic E-state index is 0.204. The minimum Gasteiger partial charge on any atom is -0.491 e. The first-order chi connectivity index (χ1) is 10.1. The Morgan fingerprint density at radius 3 is 2.81 bits per heavy atom. The highest BCUT2D eigenvalue weighted by Crippen LogP contribution is 2.27. The highest BCUT2D eigenvalue weighted by Gasteiger charge is 2.22. The summed E-state index contributed by atoms with van der Waals surface area (Å²) in [5.41, 5.74) is 7.37. The van der Waals surface area contributed by atoms with Crippen LogP contribution in [-0.4, -0.2) is 30.6 Å². The van der Waals surface area contributed by atoms with E-state index in [1.54, 1.807) is 0 Å². The summed E-state index contributed by atoms with van der Waals surface area (Å²) in [5, 5.41) is 0. The van der Waals surface area contributed by atoms with E-state index in [0.29, 0.717) is 12.6 Å². The van der Waals surface area contributed by atoms with Crippen LogP contribution in [0.1, 0.15) is 51.6 Å². The second kappa shape index (κ2) is 7.81. The molecule has 3 nitrogen and oxygen atoms in total. The van der Waals surface area contributed by atoms with Crippen molar-refractivity contribution in [3.63, 3.8) is 0 Å². The molecule has 1 fully saturated rings. The number of hydrogen-bond donors (Lipinski definition) is 1. The molecule has 1 aliphatic rings. The van der Waals surface area contributed by atoms with E-state index in [2.05, 4.69) is 43.9 Å². The normalized spacial score (nSPS) is 22.0. The van der Waals surface area contributed by atoms with Crippen molar-refractivity contribution in [1.82, 2.24) is 4.90 Å². The molecule has 0 aromatic heterocycles. The molecule has 0 spiro atoms. The number of ether oxygens (including phenoxy) is 1. The summed E-state index contributed by atoms with van der Waals surface area (Å²) >= 11 is 0. The minimum absolute atomic E-state index is 0.204. The third-order valence-electron chi connectivity index (χ3n) is 4.33. The number of nitrogens with two attached hydrogens (primary N) is 1. The summed E-state index contributed by atoms with van der Waals surface area (Å²) in [6.07, 6.45) is 4.10. The Hall–Kier alpha value is -1.06. The van der Waals surface area contributed by atoms with Crippen molar-refractivity contribution in [2.75, 3.05) is 19.6 Å². The average molecular weight is 290 g/mol. The maximum absolute atomic E-state index is 6.09. The van der Waals surface area contributed by atoms with Crippen LogP contribution in [-0.2, 0) is 0 Å². The van der Waals surface area contributed by atoms with Gasteiger partial charge in [-0.3, -0.25) is 4.90 Å². The molecule has 1 aromatic carbocycles. The van der Waals surface area contributed by atoms with Gasteiger partial charge in [-0.1, -0.05) is 19.1 Å². The van der Waals surface area contributed by atoms with E-state index < -0.39 is 0 Å². The van der Waals surface area contributed by atoms with Crippen molar-refractivity contribution < 1.29 is 4.74 Å². The number of rotatable bonds is 5. The first-order valence-corrected chi connectivity index (χ1v) is 8.31. The van der Waals surface area contributed by atoms with Crippen LogP contribution in [0.5, 0.6) is 5.75 Å². The van der Waals surface area contributed by atoms with Crippen molar-refractivity contribution in [2.45, 2.75) is 52.2 Å². The molecule has 21 heavy (non-hydrogen) atoms. The lowest BCUT2D eigenvalue weighted by atomic mass is 10.0. The molecular weight excluding hydrogens is 260 g/mol. The molecule has 0 amide bonds. The van der Waals surface area contributed by atoms with Crippen LogP contribution in [0.25, 0.3) is 0 Å². The van der Waals surface area contributed by atoms with E-state index in [9.17, 15) is 0 Å².